The molecule has 132 valence electrons. The van der Waals surface area contributed by atoms with Crippen molar-refractivity contribution in [1.82, 2.24) is 4.90 Å². The fraction of sp³-hybridized carbons (Fsp3) is 0.556. The molecule has 0 unspecified atom stereocenters. The molecule has 0 aliphatic carbocycles. The molecule has 0 atom stereocenters. The predicted octanol–water partition coefficient (Wildman–Crippen LogP) is 1.97. The molecule has 1 fully saturated rings. The number of nitrogens with one attached hydrogen (secondary N) is 1. The summed E-state index contributed by atoms with van der Waals surface area (Å²) < 4.78 is 7.26. The molecule has 1 heterocycles. The number of rotatable bonds is 4. The molecule has 1 aromatic rings. The summed E-state index contributed by atoms with van der Waals surface area (Å²) in [7, 11) is 9.61. The monoisotopic (exact) mass is 332 g/mol. The van der Waals surface area contributed by atoms with Crippen LogP contribution in [0.15, 0.2) is 23.2 Å². The van der Waals surface area contributed by atoms with Gasteiger partial charge >= 0.3 is 5.96 Å². The lowest BCUT2D eigenvalue weighted by Crippen LogP contribution is -2.42. The molecule has 6 nitrogen and oxygen atoms in total. The summed E-state index contributed by atoms with van der Waals surface area (Å²) in [5.74, 6) is 1.50. The van der Waals surface area contributed by atoms with Crippen LogP contribution in [0.4, 0.5) is 11.4 Å². The Balaban J connectivity index is 2.13. The van der Waals surface area contributed by atoms with Gasteiger partial charge in [-0.25, -0.2) is 9.89 Å². The number of nitrogens with zero attached hydrogens (tertiary/aromatic N) is 4. The van der Waals surface area contributed by atoms with Crippen molar-refractivity contribution in [3.8, 4) is 5.75 Å². The smallest absolute Gasteiger partial charge is 0.390 e. The van der Waals surface area contributed by atoms with Crippen LogP contribution in [0.5, 0.6) is 5.75 Å². The standard InChI is InChI=1S/C18H30N5O/c1-19-18(22(4)5)20-16-8-7-15(13-17(16)24-6)23-11-9-14(10-12-23)21(2)3/h7-8,13-14H,4,9-12H2,1-3,5-6H3,(H,19,20)/q+1. The van der Waals surface area contributed by atoms with E-state index >= 15 is 0 Å². The van der Waals surface area contributed by atoms with Crippen LogP contribution in [0.25, 0.3) is 0 Å². The summed E-state index contributed by atoms with van der Waals surface area (Å²) in [6.07, 6.45) is 2.38. The normalized spacial score (nSPS) is 16.4. The molecular weight excluding hydrogens is 302 g/mol. The van der Waals surface area contributed by atoms with Gasteiger partial charge in [-0.2, -0.15) is 0 Å². The Bertz CT molecular complexity index is 603. The van der Waals surface area contributed by atoms with E-state index in [0.717, 1.165) is 24.5 Å². The number of piperidine rings is 1. The Hall–Kier alpha value is -2.08. The second-order valence-corrected chi connectivity index (χ2v) is 6.44. The Morgan fingerprint density at radius 2 is 2.04 bits per heavy atom. The molecule has 1 aliphatic rings. The molecule has 1 N–H and O–H groups in total. The zero-order valence-corrected chi connectivity index (χ0v) is 15.5. The van der Waals surface area contributed by atoms with Gasteiger partial charge < -0.3 is 14.5 Å². The van der Waals surface area contributed by atoms with E-state index in [4.69, 9.17) is 4.74 Å². The van der Waals surface area contributed by atoms with Crippen molar-refractivity contribution in [3.63, 3.8) is 0 Å². The van der Waals surface area contributed by atoms with Gasteiger partial charge in [-0.1, -0.05) is 0 Å². The van der Waals surface area contributed by atoms with Crippen molar-refractivity contribution >= 4 is 24.1 Å². The maximum Gasteiger partial charge on any atom is 0.390 e. The second-order valence-electron chi connectivity index (χ2n) is 6.44. The minimum Gasteiger partial charge on any atom is -0.493 e. The van der Waals surface area contributed by atoms with E-state index in [-0.39, 0.29) is 0 Å². The number of aliphatic imine (C=N–C) groups is 1. The van der Waals surface area contributed by atoms with Crippen LogP contribution in [-0.4, -0.2) is 76.6 Å². The highest BCUT2D eigenvalue weighted by Gasteiger charge is 2.22. The van der Waals surface area contributed by atoms with Crippen LogP contribution < -0.4 is 15.0 Å². The molecule has 2 rings (SSSR count). The first-order valence-corrected chi connectivity index (χ1v) is 8.33. The number of methoxy groups -OCH3 is 1. The Morgan fingerprint density at radius 1 is 1.38 bits per heavy atom. The van der Waals surface area contributed by atoms with Crippen LogP contribution in [-0.2, 0) is 0 Å². The first-order valence-electron chi connectivity index (χ1n) is 8.33. The summed E-state index contributed by atoms with van der Waals surface area (Å²) in [5, 5.41) is 3.26. The van der Waals surface area contributed by atoms with Gasteiger partial charge in [0, 0.05) is 37.6 Å². The van der Waals surface area contributed by atoms with Crippen LogP contribution in [0, 0.1) is 0 Å². The van der Waals surface area contributed by atoms with Gasteiger partial charge in [0.1, 0.15) is 5.69 Å². The van der Waals surface area contributed by atoms with E-state index in [0.29, 0.717) is 12.0 Å². The molecule has 0 spiro atoms. The highest BCUT2D eigenvalue weighted by atomic mass is 16.5. The average Bonchev–Trinajstić information content (AvgIpc) is 2.59. The van der Waals surface area contributed by atoms with Gasteiger partial charge in [0.15, 0.2) is 5.75 Å². The van der Waals surface area contributed by atoms with Gasteiger partial charge in [-0.3, -0.25) is 0 Å². The Morgan fingerprint density at radius 3 is 2.54 bits per heavy atom. The van der Waals surface area contributed by atoms with Crippen molar-refractivity contribution in [3.05, 3.63) is 18.2 Å². The average molecular weight is 332 g/mol. The van der Waals surface area contributed by atoms with E-state index in [2.05, 4.69) is 53.1 Å². The lowest BCUT2D eigenvalue weighted by Gasteiger charge is -2.36. The summed E-state index contributed by atoms with van der Waals surface area (Å²) in [4.78, 5) is 8.94. The maximum atomic E-state index is 5.57. The molecule has 1 aromatic carbocycles. The minimum atomic E-state index is 0.681. The van der Waals surface area contributed by atoms with Gasteiger partial charge in [-0.05, 0) is 39.1 Å². The van der Waals surface area contributed by atoms with Gasteiger partial charge in [-0.15, -0.1) is 4.99 Å². The lowest BCUT2D eigenvalue weighted by atomic mass is 10.0. The SMILES string of the molecule is C=[N+](C)C(=NC)Nc1ccc(N2CCC(N(C)C)CC2)cc1OC. The zero-order valence-electron chi connectivity index (χ0n) is 15.5. The summed E-state index contributed by atoms with van der Waals surface area (Å²) in [6, 6.07) is 6.95. The number of benzene rings is 1. The molecule has 0 radical (unpaired) electrons. The van der Waals surface area contributed by atoms with Crippen LogP contribution in [0.2, 0.25) is 0 Å². The minimum absolute atomic E-state index is 0.681. The molecule has 6 heteroatoms. The molecule has 0 bridgehead atoms. The number of guanidine groups is 1. The fourth-order valence-electron chi connectivity index (χ4n) is 3.06. The number of anilines is 2. The predicted molar refractivity (Wildman–Crippen MR) is 102 cm³/mol. The third kappa shape index (κ3) is 4.26. The fourth-order valence-corrected chi connectivity index (χ4v) is 3.06. The highest BCUT2D eigenvalue weighted by Crippen LogP contribution is 2.31. The molecule has 1 aliphatic heterocycles. The van der Waals surface area contributed by atoms with Crippen LogP contribution >= 0.6 is 0 Å². The summed E-state index contributed by atoms with van der Waals surface area (Å²) in [5.41, 5.74) is 2.09. The lowest BCUT2D eigenvalue weighted by molar-refractivity contribution is -0.360. The largest absolute Gasteiger partial charge is 0.493 e. The Labute approximate surface area is 145 Å². The third-order valence-corrected chi connectivity index (χ3v) is 4.56. The van der Waals surface area contributed by atoms with Gasteiger partial charge in [0.2, 0.25) is 0 Å². The molecule has 24 heavy (non-hydrogen) atoms. The van der Waals surface area contributed by atoms with E-state index < -0.39 is 0 Å². The molecular formula is C18H30N5O+. The van der Waals surface area contributed by atoms with Crippen LogP contribution in [0.1, 0.15) is 12.8 Å². The number of hydrogen-bond donors (Lipinski definition) is 1. The summed E-state index contributed by atoms with van der Waals surface area (Å²) in [6.45, 7) is 6.00. The van der Waals surface area contributed by atoms with E-state index in [9.17, 15) is 0 Å². The van der Waals surface area contributed by atoms with E-state index in [1.165, 1.54) is 18.5 Å². The van der Waals surface area contributed by atoms with Crippen LogP contribution in [0.3, 0.4) is 0 Å². The van der Waals surface area contributed by atoms with Crippen molar-refractivity contribution < 1.29 is 9.31 Å². The molecule has 0 saturated carbocycles. The first kappa shape index (κ1) is 18.3. The third-order valence-electron chi connectivity index (χ3n) is 4.56. The molecule has 0 amide bonds. The molecule has 1 saturated heterocycles. The van der Waals surface area contributed by atoms with Gasteiger partial charge in [0.25, 0.3) is 0 Å². The van der Waals surface area contributed by atoms with E-state index in [1.54, 1.807) is 18.7 Å². The summed E-state index contributed by atoms with van der Waals surface area (Å²) >= 11 is 0. The first-order chi connectivity index (χ1) is 11.5. The topological polar surface area (TPSA) is 43.1 Å². The maximum absolute atomic E-state index is 5.57. The van der Waals surface area contributed by atoms with Crippen molar-refractivity contribution in [1.29, 1.82) is 0 Å². The Kier molecular flexibility index (Phi) is 6.20. The number of hydrogen-bond acceptors (Lipinski definition) is 4. The highest BCUT2D eigenvalue weighted by molar-refractivity contribution is 5.90. The zero-order chi connectivity index (χ0) is 17.7. The van der Waals surface area contributed by atoms with Crippen molar-refractivity contribution in [2.75, 3.05) is 58.6 Å². The number of ether oxygens (including phenoxy) is 1. The van der Waals surface area contributed by atoms with Gasteiger partial charge in [0.05, 0.1) is 21.2 Å². The van der Waals surface area contributed by atoms with Crippen molar-refractivity contribution in [2.45, 2.75) is 18.9 Å². The van der Waals surface area contributed by atoms with E-state index in [1.807, 2.05) is 13.1 Å². The second kappa shape index (κ2) is 8.15. The molecule has 0 aromatic heterocycles. The van der Waals surface area contributed by atoms with Crippen molar-refractivity contribution in [2.24, 2.45) is 4.99 Å². The quantitative estimate of drug-likeness (QED) is 0.520.